The molecule has 1 fully saturated rings. The average molecular weight is 315 g/mol. The van der Waals surface area contributed by atoms with E-state index >= 15 is 0 Å². The fourth-order valence-electron chi connectivity index (χ4n) is 1.88. The standard InChI is InChI=1S/C12H19BrN4O/c1-8(16(2)9-4-5-9)6-14-10-7-15-17(3)12(18)11(10)13/h7-9,14H,4-6H2,1-3H3. The number of aromatic nitrogens is 2. The molecule has 1 aliphatic rings. The van der Waals surface area contributed by atoms with E-state index in [0.717, 1.165) is 18.3 Å². The third-order valence-electron chi connectivity index (χ3n) is 3.48. The van der Waals surface area contributed by atoms with Gasteiger partial charge in [-0.15, -0.1) is 0 Å². The SMILES string of the molecule is CC(CNc1cnn(C)c(=O)c1Br)N(C)C1CC1. The Kier molecular flexibility index (Phi) is 4.07. The summed E-state index contributed by atoms with van der Waals surface area (Å²) in [5.74, 6) is 0. The van der Waals surface area contributed by atoms with Crippen LogP contribution >= 0.6 is 15.9 Å². The maximum absolute atomic E-state index is 11.7. The summed E-state index contributed by atoms with van der Waals surface area (Å²) in [6.07, 6.45) is 4.28. The lowest BCUT2D eigenvalue weighted by atomic mass is 10.3. The van der Waals surface area contributed by atoms with Crippen LogP contribution in [0.25, 0.3) is 0 Å². The predicted octanol–water partition coefficient (Wildman–Crippen LogP) is 1.44. The van der Waals surface area contributed by atoms with Crippen LogP contribution in [0.3, 0.4) is 0 Å². The first-order chi connectivity index (χ1) is 8.50. The number of nitrogens with one attached hydrogen (secondary N) is 1. The molecule has 1 aromatic rings. The molecule has 5 nitrogen and oxygen atoms in total. The molecule has 0 spiro atoms. The highest BCUT2D eigenvalue weighted by atomic mass is 79.9. The van der Waals surface area contributed by atoms with E-state index in [9.17, 15) is 4.79 Å². The number of hydrogen-bond donors (Lipinski definition) is 1. The molecular weight excluding hydrogens is 296 g/mol. The highest BCUT2D eigenvalue weighted by molar-refractivity contribution is 9.10. The predicted molar refractivity (Wildman–Crippen MR) is 75.9 cm³/mol. The second-order valence-corrected chi connectivity index (χ2v) is 5.72. The second kappa shape index (κ2) is 5.40. The van der Waals surface area contributed by atoms with E-state index in [1.807, 2.05) is 0 Å². The second-order valence-electron chi connectivity index (χ2n) is 4.93. The van der Waals surface area contributed by atoms with E-state index in [2.05, 4.69) is 45.2 Å². The molecule has 1 aliphatic carbocycles. The number of likely N-dealkylation sites (N-methyl/N-ethyl adjacent to an activating group) is 1. The van der Waals surface area contributed by atoms with Gasteiger partial charge in [0.15, 0.2) is 0 Å². The molecule has 0 radical (unpaired) electrons. The normalized spacial score (nSPS) is 16.9. The molecule has 1 saturated carbocycles. The summed E-state index contributed by atoms with van der Waals surface area (Å²) in [6.45, 7) is 2.99. The van der Waals surface area contributed by atoms with E-state index in [1.54, 1.807) is 13.2 Å². The fraction of sp³-hybridized carbons (Fsp3) is 0.667. The van der Waals surface area contributed by atoms with Gasteiger partial charge in [0.2, 0.25) is 0 Å². The molecular formula is C12H19BrN4O. The van der Waals surface area contributed by atoms with Crippen LogP contribution in [0.2, 0.25) is 0 Å². The van der Waals surface area contributed by atoms with Crippen LogP contribution < -0.4 is 10.9 Å². The molecule has 0 amide bonds. The maximum atomic E-state index is 11.7. The van der Waals surface area contributed by atoms with Crippen molar-refractivity contribution in [2.45, 2.75) is 31.8 Å². The van der Waals surface area contributed by atoms with Crippen molar-refractivity contribution in [1.82, 2.24) is 14.7 Å². The number of nitrogens with zero attached hydrogens (tertiary/aromatic N) is 3. The Morgan fingerprint density at radius 2 is 2.33 bits per heavy atom. The molecule has 1 atom stereocenters. The van der Waals surface area contributed by atoms with Gasteiger partial charge >= 0.3 is 0 Å². The minimum absolute atomic E-state index is 0.122. The first-order valence-corrected chi connectivity index (χ1v) is 6.97. The van der Waals surface area contributed by atoms with Crippen LogP contribution in [0.15, 0.2) is 15.5 Å². The molecule has 1 N–H and O–H groups in total. The summed E-state index contributed by atoms with van der Waals surface area (Å²) in [7, 11) is 3.79. The zero-order chi connectivity index (χ0) is 13.3. The zero-order valence-electron chi connectivity index (χ0n) is 11.0. The summed E-state index contributed by atoms with van der Waals surface area (Å²) in [5.41, 5.74) is 0.636. The Bertz CT molecular complexity index is 483. The third kappa shape index (κ3) is 2.92. The molecule has 0 saturated heterocycles. The quantitative estimate of drug-likeness (QED) is 0.893. The Morgan fingerprint density at radius 3 is 2.94 bits per heavy atom. The van der Waals surface area contributed by atoms with E-state index < -0.39 is 0 Å². The van der Waals surface area contributed by atoms with Gasteiger partial charge in [0.25, 0.3) is 5.56 Å². The van der Waals surface area contributed by atoms with Crippen molar-refractivity contribution < 1.29 is 0 Å². The highest BCUT2D eigenvalue weighted by Gasteiger charge is 2.28. The number of rotatable bonds is 5. The van der Waals surface area contributed by atoms with Crippen LogP contribution in [0.5, 0.6) is 0 Å². The topological polar surface area (TPSA) is 50.2 Å². The summed E-state index contributed by atoms with van der Waals surface area (Å²) in [5, 5.41) is 7.29. The van der Waals surface area contributed by atoms with Gasteiger partial charge < -0.3 is 5.32 Å². The third-order valence-corrected chi connectivity index (χ3v) is 4.25. The molecule has 18 heavy (non-hydrogen) atoms. The van der Waals surface area contributed by atoms with Crippen LogP contribution in [0.4, 0.5) is 5.69 Å². The lowest BCUT2D eigenvalue weighted by molar-refractivity contribution is 0.257. The van der Waals surface area contributed by atoms with E-state index in [1.165, 1.54) is 17.5 Å². The first kappa shape index (κ1) is 13.5. The largest absolute Gasteiger partial charge is 0.381 e. The monoisotopic (exact) mass is 314 g/mol. The minimum atomic E-state index is -0.122. The van der Waals surface area contributed by atoms with E-state index in [0.29, 0.717) is 10.5 Å². The Hall–Kier alpha value is -0.880. The van der Waals surface area contributed by atoms with Gasteiger partial charge in [-0.1, -0.05) is 0 Å². The van der Waals surface area contributed by atoms with Gasteiger partial charge in [0.1, 0.15) is 4.47 Å². The lowest BCUT2D eigenvalue weighted by Crippen LogP contribution is -2.36. The lowest BCUT2D eigenvalue weighted by Gasteiger charge is -2.25. The molecule has 0 aromatic carbocycles. The van der Waals surface area contributed by atoms with E-state index in [4.69, 9.17) is 0 Å². The summed E-state index contributed by atoms with van der Waals surface area (Å²) >= 11 is 3.31. The Labute approximate surface area is 115 Å². The molecule has 100 valence electrons. The summed E-state index contributed by atoms with van der Waals surface area (Å²) in [6, 6.07) is 1.18. The van der Waals surface area contributed by atoms with Crippen molar-refractivity contribution in [1.29, 1.82) is 0 Å². The van der Waals surface area contributed by atoms with Gasteiger partial charge in [-0.25, -0.2) is 4.68 Å². The minimum Gasteiger partial charge on any atom is -0.381 e. The Morgan fingerprint density at radius 1 is 1.67 bits per heavy atom. The number of anilines is 1. The molecule has 2 rings (SSSR count). The maximum Gasteiger partial charge on any atom is 0.282 e. The van der Waals surface area contributed by atoms with Crippen molar-refractivity contribution in [3.63, 3.8) is 0 Å². The van der Waals surface area contributed by atoms with Crippen LogP contribution in [0, 0.1) is 0 Å². The van der Waals surface area contributed by atoms with Gasteiger partial charge in [0.05, 0.1) is 11.9 Å². The van der Waals surface area contributed by atoms with Gasteiger partial charge in [-0.2, -0.15) is 5.10 Å². The zero-order valence-corrected chi connectivity index (χ0v) is 12.6. The van der Waals surface area contributed by atoms with Gasteiger partial charge in [0, 0.05) is 25.7 Å². The van der Waals surface area contributed by atoms with Crippen LogP contribution in [0.1, 0.15) is 19.8 Å². The smallest absolute Gasteiger partial charge is 0.282 e. The highest BCUT2D eigenvalue weighted by Crippen LogP contribution is 2.27. The molecule has 1 heterocycles. The summed E-state index contributed by atoms with van der Waals surface area (Å²) in [4.78, 5) is 14.1. The number of hydrogen-bond acceptors (Lipinski definition) is 4. The molecule has 0 bridgehead atoms. The molecule has 1 aromatic heterocycles. The van der Waals surface area contributed by atoms with Crippen molar-refractivity contribution in [2.24, 2.45) is 7.05 Å². The van der Waals surface area contributed by atoms with Crippen LogP contribution in [-0.4, -0.2) is 40.4 Å². The Balaban J connectivity index is 1.97. The average Bonchev–Trinajstić information content (AvgIpc) is 3.18. The van der Waals surface area contributed by atoms with Crippen molar-refractivity contribution in [3.8, 4) is 0 Å². The number of aryl methyl sites for hydroxylation is 1. The first-order valence-electron chi connectivity index (χ1n) is 6.18. The number of halogens is 1. The van der Waals surface area contributed by atoms with E-state index in [-0.39, 0.29) is 5.56 Å². The van der Waals surface area contributed by atoms with Crippen molar-refractivity contribution >= 4 is 21.6 Å². The van der Waals surface area contributed by atoms with Crippen molar-refractivity contribution in [3.05, 3.63) is 21.0 Å². The molecule has 1 unspecified atom stereocenters. The summed E-state index contributed by atoms with van der Waals surface area (Å²) < 4.78 is 1.86. The molecule has 6 heteroatoms. The van der Waals surface area contributed by atoms with Crippen molar-refractivity contribution in [2.75, 3.05) is 18.9 Å². The fourth-order valence-corrected chi connectivity index (χ4v) is 2.38. The van der Waals surface area contributed by atoms with Crippen LogP contribution in [-0.2, 0) is 7.05 Å². The van der Waals surface area contributed by atoms with Gasteiger partial charge in [-0.05, 0) is 42.7 Å². The van der Waals surface area contributed by atoms with Gasteiger partial charge in [-0.3, -0.25) is 9.69 Å². The molecule has 0 aliphatic heterocycles.